The van der Waals surface area contributed by atoms with Crippen LogP contribution in [-0.4, -0.2) is 12.5 Å². The van der Waals surface area contributed by atoms with Gasteiger partial charge in [-0.05, 0) is 49.1 Å². The van der Waals surface area contributed by atoms with Crippen LogP contribution in [0.4, 0.5) is 10.1 Å². The number of hydrogen-bond acceptors (Lipinski definition) is 2. The third-order valence-electron chi connectivity index (χ3n) is 6.13. The van der Waals surface area contributed by atoms with Gasteiger partial charge in [0.15, 0.2) is 0 Å². The van der Waals surface area contributed by atoms with Gasteiger partial charge in [-0.15, -0.1) is 0 Å². The first kappa shape index (κ1) is 20.4. The summed E-state index contributed by atoms with van der Waals surface area (Å²) in [5.74, 6) is 0.538. The molecule has 1 amide bonds. The maximum Gasteiger partial charge on any atom is 0.235 e. The van der Waals surface area contributed by atoms with E-state index in [4.69, 9.17) is 4.74 Å². The second-order valence-corrected chi connectivity index (χ2v) is 8.11. The van der Waals surface area contributed by atoms with Gasteiger partial charge in [0.2, 0.25) is 5.91 Å². The van der Waals surface area contributed by atoms with Gasteiger partial charge in [0.25, 0.3) is 0 Å². The molecule has 3 nitrogen and oxygen atoms in total. The van der Waals surface area contributed by atoms with Crippen molar-refractivity contribution in [3.05, 3.63) is 72.0 Å². The molecular formula is C26H28FNO2. The van der Waals surface area contributed by atoms with Crippen LogP contribution in [0, 0.1) is 5.82 Å². The summed E-state index contributed by atoms with van der Waals surface area (Å²) < 4.78 is 19.4. The first-order valence-electron chi connectivity index (χ1n) is 10.9. The largest absolute Gasteiger partial charge is 0.493 e. The zero-order valence-corrected chi connectivity index (χ0v) is 17.4. The van der Waals surface area contributed by atoms with Crippen LogP contribution in [0.3, 0.4) is 0 Å². The zero-order valence-electron chi connectivity index (χ0n) is 17.4. The summed E-state index contributed by atoms with van der Waals surface area (Å²) in [6.07, 6.45) is 5.61. The monoisotopic (exact) mass is 405 g/mol. The standard InChI is InChI=1S/C26H28FNO2/c1-2-18-30-24-15-14-23(21-8-4-5-9-22(21)24)28-25(29)26(16-6-3-7-17-26)19-10-12-20(27)13-11-19/h4-5,8-15H,2-3,6-7,16-18H2,1H3,(H,28,29). The average molecular weight is 406 g/mol. The second kappa shape index (κ2) is 8.86. The smallest absolute Gasteiger partial charge is 0.235 e. The number of rotatable bonds is 6. The van der Waals surface area contributed by atoms with Crippen molar-refractivity contribution in [2.24, 2.45) is 0 Å². The normalized spacial score (nSPS) is 15.7. The maximum atomic E-state index is 13.6. The summed E-state index contributed by atoms with van der Waals surface area (Å²) in [6, 6.07) is 18.3. The lowest BCUT2D eigenvalue weighted by atomic mass is 9.68. The molecule has 4 rings (SSSR count). The van der Waals surface area contributed by atoms with E-state index in [1.807, 2.05) is 36.4 Å². The summed E-state index contributed by atoms with van der Waals surface area (Å²) in [6.45, 7) is 2.74. The SMILES string of the molecule is CCCOc1ccc(NC(=O)C2(c3ccc(F)cc3)CCCCC2)c2ccccc12. The van der Waals surface area contributed by atoms with Crippen LogP contribution < -0.4 is 10.1 Å². The molecule has 3 aromatic rings. The van der Waals surface area contributed by atoms with E-state index in [1.165, 1.54) is 12.1 Å². The fourth-order valence-electron chi connectivity index (χ4n) is 4.53. The molecule has 0 aliphatic heterocycles. The van der Waals surface area contributed by atoms with Crippen LogP contribution in [0.1, 0.15) is 51.0 Å². The number of nitrogens with one attached hydrogen (secondary N) is 1. The number of halogens is 1. The molecule has 1 aliphatic carbocycles. The van der Waals surface area contributed by atoms with Crippen LogP contribution >= 0.6 is 0 Å². The van der Waals surface area contributed by atoms with Gasteiger partial charge in [0, 0.05) is 16.5 Å². The van der Waals surface area contributed by atoms with E-state index in [9.17, 15) is 9.18 Å². The highest BCUT2D eigenvalue weighted by Gasteiger charge is 2.41. The molecule has 0 radical (unpaired) electrons. The molecule has 0 bridgehead atoms. The highest BCUT2D eigenvalue weighted by molar-refractivity contribution is 6.07. The molecule has 0 spiro atoms. The van der Waals surface area contributed by atoms with E-state index in [2.05, 4.69) is 12.2 Å². The average Bonchev–Trinajstić information content (AvgIpc) is 2.79. The number of carbonyl (C=O) groups excluding carboxylic acids is 1. The summed E-state index contributed by atoms with van der Waals surface area (Å²) in [5, 5.41) is 5.16. The minimum Gasteiger partial charge on any atom is -0.493 e. The van der Waals surface area contributed by atoms with Gasteiger partial charge in [-0.3, -0.25) is 4.79 Å². The molecule has 1 aliphatic rings. The fourth-order valence-corrected chi connectivity index (χ4v) is 4.53. The van der Waals surface area contributed by atoms with E-state index in [1.54, 1.807) is 12.1 Å². The minimum absolute atomic E-state index is 0.0128. The summed E-state index contributed by atoms with van der Waals surface area (Å²) in [5.41, 5.74) is 1.06. The molecule has 1 N–H and O–H groups in total. The first-order chi connectivity index (χ1) is 14.6. The summed E-state index contributed by atoms with van der Waals surface area (Å²) in [7, 11) is 0. The van der Waals surface area contributed by atoms with Gasteiger partial charge in [0.05, 0.1) is 12.0 Å². The van der Waals surface area contributed by atoms with Crippen molar-refractivity contribution in [3.63, 3.8) is 0 Å². The van der Waals surface area contributed by atoms with Gasteiger partial charge in [-0.2, -0.15) is 0 Å². The lowest BCUT2D eigenvalue weighted by Gasteiger charge is -2.36. The Morgan fingerprint density at radius 1 is 0.967 bits per heavy atom. The molecule has 1 fully saturated rings. The van der Waals surface area contributed by atoms with Crippen molar-refractivity contribution >= 4 is 22.4 Å². The van der Waals surface area contributed by atoms with Crippen LogP contribution in [-0.2, 0) is 10.2 Å². The van der Waals surface area contributed by atoms with E-state index in [-0.39, 0.29) is 11.7 Å². The molecule has 0 atom stereocenters. The van der Waals surface area contributed by atoms with Crippen LogP contribution in [0.25, 0.3) is 10.8 Å². The topological polar surface area (TPSA) is 38.3 Å². The van der Waals surface area contributed by atoms with Gasteiger partial charge in [0.1, 0.15) is 11.6 Å². The number of anilines is 1. The van der Waals surface area contributed by atoms with E-state index >= 15 is 0 Å². The van der Waals surface area contributed by atoms with E-state index in [0.717, 1.165) is 66.3 Å². The fraction of sp³-hybridized carbons (Fsp3) is 0.346. The number of amides is 1. The lowest BCUT2D eigenvalue weighted by molar-refractivity contribution is -0.122. The second-order valence-electron chi connectivity index (χ2n) is 8.11. The first-order valence-corrected chi connectivity index (χ1v) is 10.9. The number of benzene rings is 3. The number of carbonyl (C=O) groups is 1. The number of ether oxygens (including phenoxy) is 1. The highest BCUT2D eigenvalue weighted by Crippen LogP contribution is 2.41. The Hall–Kier alpha value is -2.88. The third kappa shape index (κ3) is 3.91. The van der Waals surface area contributed by atoms with E-state index in [0.29, 0.717) is 6.61 Å². The van der Waals surface area contributed by atoms with Gasteiger partial charge >= 0.3 is 0 Å². The Kier molecular flexibility index (Phi) is 6.03. The molecule has 30 heavy (non-hydrogen) atoms. The van der Waals surface area contributed by atoms with Crippen molar-refractivity contribution in [1.82, 2.24) is 0 Å². The van der Waals surface area contributed by atoms with Crippen LogP contribution in [0.2, 0.25) is 0 Å². The highest BCUT2D eigenvalue weighted by atomic mass is 19.1. The third-order valence-corrected chi connectivity index (χ3v) is 6.13. The molecule has 3 aromatic carbocycles. The Labute approximate surface area is 177 Å². The Bertz CT molecular complexity index is 1020. The van der Waals surface area contributed by atoms with Gasteiger partial charge in [-0.25, -0.2) is 4.39 Å². The van der Waals surface area contributed by atoms with Crippen molar-refractivity contribution in [2.45, 2.75) is 50.9 Å². The van der Waals surface area contributed by atoms with E-state index < -0.39 is 5.41 Å². The molecule has 0 unspecified atom stereocenters. The number of fused-ring (bicyclic) bond motifs is 1. The maximum absolute atomic E-state index is 13.6. The van der Waals surface area contributed by atoms with Crippen molar-refractivity contribution in [1.29, 1.82) is 0 Å². The molecule has 0 heterocycles. The molecule has 156 valence electrons. The molecule has 1 saturated carbocycles. The summed E-state index contributed by atoms with van der Waals surface area (Å²) >= 11 is 0. The molecule has 4 heteroatoms. The Morgan fingerprint density at radius 3 is 2.37 bits per heavy atom. The van der Waals surface area contributed by atoms with Crippen molar-refractivity contribution < 1.29 is 13.9 Å². The Morgan fingerprint density at radius 2 is 1.67 bits per heavy atom. The predicted molar refractivity (Wildman–Crippen MR) is 120 cm³/mol. The lowest BCUT2D eigenvalue weighted by Crippen LogP contribution is -2.42. The Balaban J connectivity index is 1.69. The van der Waals surface area contributed by atoms with Crippen LogP contribution in [0.5, 0.6) is 5.75 Å². The van der Waals surface area contributed by atoms with Crippen molar-refractivity contribution in [2.75, 3.05) is 11.9 Å². The molecule has 0 saturated heterocycles. The zero-order chi connectivity index (χ0) is 21.0. The predicted octanol–water partition coefficient (Wildman–Crippen LogP) is 6.61. The number of hydrogen-bond donors (Lipinski definition) is 1. The quantitative estimate of drug-likeness (QED) is 0.501. The molecule has 0 aromatic heterocycles. The molecular weight excluding hydrogens is 377 g/mol. The van der Waals surface area contributed by atoms with Crippen LogP contribution in [0.15, 0.2) is 60.7 Å². The van der Waals surface area contributed by atoms with Gasteiger partial charge in [-0.1, -0.05) is 62.6 Å². The summed E-state index contributed by atoms with van der Waals surface area (Å²) in [4.78, 5) is 13.6. The van der Waals surface area contributed by atoms with Crippen molar-refractivity contribution in [3.8, 4) is 5.75 Å². The minimum atomic E-state index is -0.621. The van der Waals surface area contributed by atoms with Gasteiger partial charge < -0.3 is 10.1 Å².